The Balaban J connectivity index is 2.50. The van der Waals surface area contributed by atoms with Gasteiger partial charge in [-0.25, -0.2) is 0 Å². The Kier molecular flexibility index (Phi) is 4.28. The highest BCUT2D eigenvalue weighted by atomic mass is 16.5. The van der Waals surface area contributed by atoms with E-state index in [0.717, 1.165) is 5.69 Å². The van der Waals surface area contributed by atoms with Gasteiger partial charge in [-0.1, -0.05) is 0 Å². The van der Waals surface area contributed by atoms with Gasteiger partial charge >= 0.3 is 0 Å². The fourth-order valence-corrected chi connectivity index (χ4v) is 0.994. The zero-order chi connectivity index (χ0) is 10.4. The zero-order valence-electron chi connectivity index (χ0n) is 8.43. The van der Waals surface area contributed by atoms with Crippen LogP contribution in [0, 0.1) is 0 Å². The minimum absolute atomic E-state index is 0.0296. The van der Waals surface area contributed by atoms with Gasteiger partial charge in [0, 0.05) is 19.7 Å². The quantitative estimate of drug-likeness (QED) is 0.737. The molecule has 1 unspecified atom stereocenters. The van der Waals surface area contributed by atoms with Gasteiger partial charge in [0.05, 0.1) is 12.3 Å². The fraction of sp³-hybridized carbons (Fsp3) is 0.556. The first-order valence-electron chi connectivity index (χ1n) is 4.44. The third-order valence-electron chi connectivity index (χ3n) is 1.63. The standard InChI is InChI=1S/C9H15N3O2/c1-7(6-13-2)14-9-4-3-8(5-10)11-12-9/h3-4,7H,5-6,10H2,1-2H3. The molecular formula is C9H15N3O2. The maximum atomic E-state index is 5.41. The van der Waals surface area contributed by atoms with Crippen LogP contribution in [0.3, 0.4) is 0 Å². The van der Waals surface area contributed by atoms with Crippen LogP contribution in [0.15, 0.2) is 12.1 Å². The number of nitrogens with zero attached hydrogens (tertiary/aromatic N) is 2. The third-order valence-corrected chi connectivity index (χ3v) is 1.63. The Hall–Kier alpha value is -1.20. The highest BCUT2D eigenvalue weighted by molar-refractivity contribution is 5.11. The second-order valence-electron chi connectivity index (χ2n) is 2.95. The molecule has 1 heterocycles. The first kappa shape index (κ1) is 10.9. The monoisotopic (exact) mass is 197 g/mol. The molecule has 1 aromatic rings. The second-order valence-corrected chi connectivity index (χ2v) is 2.95. The predicted octanol–water partition coefficient (Wildman–Crippen LogP) is 0.349. The minimum Gasteiger partial charge on any atom is -0.471 e. The van der Waals surface area contributed by atoms with E-state index < -0.39 is 0 Å². The van der Waals surface area contributed by atoms with Crippen molar-refractivity contribution in [2.45, 2.75) is 19.6 Å². The zero-order valence-corrected chi connectivity index (χ0v) is 8.43. The van der Waals surface area contributed by atoms with Crippen LogP contribution in [0.2, 0.25) is 0 Å². The number of aromatic nitrogens is 2. The summed E-state index contributed by atoms with van der Waals surface area (Å²) >= 11 is 0. The molecule has 14 heavy (non-hydrogen) atoms. The van der Waals surface area contributed by atoms with E-state index in [1.807, 2.05) is 6.92 Å². The van der Waals surface area contributed by atoms with Crippen LogP contribution in [0.1, 0.15) is 12.6 Å². The molecule has 0 saturated heterocycles. The van der Waals surface area contributed by atoms with Gasteiger partial charge in [0.25, 0.3) is 0 Å². The largest absolute Gasteiger partial charge is 0.471 e. The lowest BCUT2D eigenvalue weighted by Gasteiger charge is -2.11. The topological polar surface area (TPSA) is 70.3 Å². The van der Waals surface area contributed by atoms with Crippen LogP contribution in [0.4, 0.5) is 0 Å². The third kappa shape index (κ3) is 3.27. The summed E-state index contributed by atoms with van der Waals surface area (Å²) in [5.41, 5.74) is 6.13. The van der Waals surface area contributed by atoms with E-state index in [4.69, 9.17) is 15.2 Å². The molecule has 1 aromatic heterocycles. The lowest BCUT2D eigenvalue weighted by Crippen LogP contribution is -2.18. The molecule has 5 heteroatoms. The molecule has 0 amide bonds. The van der Waals surface area contributed by atoms with Gasteiger partial charge in [0.1, 0.15) is 6.10 Å². The van der Waals surface area contributed by atoms with E-state index in [1.165, 1.54) is 0 Å². The maximum Gasteiger partial charge on any atom is 0.233 e. The number of hydrogen-bond acceptors (Lipinski definition) is 5. The van der Waals surface area contributed by atoms with E-state index in [-0.39, 0.29) is 6.10 Å². The highest BCUT2D eigenvalue weighted by Gasteiger charge is 2.04. The van der Waals surface area contributed by atoms with Gasteiger partial charge < -0.3 is 15.2 Å². The van der Waals surface area contributed by atoms with Gasteiger partial charge in [-0.3, -0.25) is 0 Å². The van der Waals surface area contributed by atoms with Crippen molar-refractivity contribution >= 4 is 0 Å². The van der Waals surface area contributed by atoms with Gasteiger partial charge in [0.2, 0.25) is 5.88 Å². The van der Waals surface area contributed by atoms with Crippen molar-refractivity contribution in [3.63, 3.8) is 0 Å². The Bertz CT molecular complexity index is 263. The van der Waals surface area contributed by atoms with Crippen molar-refractivity contribution in [3.8, 4) is 5.88 Å². The van der Waals surface area contributed by atoms with Gasteiger partial charge in [-0.05, 0) is 13.0 Å². The minimum atomic E-state index is -0.0296. The van der Waals surface area contributed by atoms with E-state index in [0.29, 0.717) is 19.0 Å². The van der Waals surface area contributed by atoms with Crippen molar-refractivity contribution in [1.29, 1.82) is 0 Å². The lowest BCUT2D eigenvalue weighted by molar-refractivity contribution is 0.0882. The van der Waals surface area contributed by atoms with Crippen LogP contribution in [0.5, 0.6) is 5.88 Å². The molecule has 1 rings (SSSR count). The number of hydrogen-bond donors (Lipinski definition) is 1. The smallest absolute Gasteiger partial charge is 0.233 e. The molecule has 0 bridgehead atoms. The van der Waals surface area contributed by atoms with E-state index in [1.54, 1.807) is 19.2 Å². The van der Waals surface area contributed by atoms with Crippen molar-refractivity contribution in [3.05, 3.63) is 17.8 Å². The second kappa shape index (κ2) is 5.51. The summed E-state index contributed by atoms with van der Waals surface area (Å²) in [6.45, 7) is 2.82. The summed E-state index contributed by atoms with van der Waals surface area (Å²) in [4.78, 5) is 0. The Labute approximate surface area is 83.2 Å². The molecule has 0 aromatic carbocycles. The summed E-state index contributed by atoms with van der Waals surface area (Å²) in [6.07, 6.45) is -0.0296. The maximum absolute atomic E-state index is 5.41. The van der Waals surface area contributed by atoms with Gasteiger partial charge in [0.15, 0.2) is 0 Å². The molecule has 78 valence electrons. The van der Waals surface area contributed by atoms with Crippen molar-refractivity contribution in [1.82, 2.24) is 10.2 Å². The number of rotatable bonds is 5. The number of nitrogens with two attached hydrogens (primary N) is 1. The predicted molar refractivity (Wildman–Crippen MR) is 51.9 cm³/mol. The molecule has 0 aliphatic heterocycles. The van der Waals surface area contributed by atoms with Crippen LogP contribution in [-0.4, -0.2) is 30.0 Å². The van der Waals surface area contributed by atoms with Gasteiger partial charge in [-0.15, -0.1) is 5.10 Å². The van der Waals surface area contributed by atoms with E-state index in [2.05, 4.69) is 10.2 Å². The molecule has 5 nitrogen and oxygen atoms in total. The van der Waals surface area contributed by atoms with Crippen LogP contribution in [-0.2, 0) is 11.3 Å². The average molecular weight is 197 g/mol. The molecule has 2 N–H and O–H groups in total. The summed E-state index contributed by atoms with van der Waals surface area (Å²) < 4.78 is 10.3. The average Bonchev–Trinajstić information content (AvgIpc) is 2.19. The number of methoxy groups -OCH3 is 1. The molecule has 0 aliphatic carbocycles. The first-order valence-corrected chi connectivity index (χ1v) is 4.44. The van der Waals surface area contributed by atoms with Gasteiger partial charge in [-0.2, -0.15) is 5.10 Å². The van der Waals surface area contributed by atoms with Crippen LogP contribution >= 0.6 is 0 Å². The molecule has 0 aliphatic rings. The van der Waals surface area contributed by atoms with Crippen LogP contribution < -0.4 is 10.5 Å². The summed E-state index contributed by atoms with van der Waals surface area (Å²) in [6, 6.07) is 3.54. The van der Waals surface area contributed by atoms with E-state index >= 15 is 0 Å². The lowest BCUT2D eigenvalue weighted by atomic mass is 10.4. The number of ether oxygens (including phenoxy) is 2. The SMILES string of the molecule is COCC(C)Oc1ccc(CN)nn1. The summed E-state index contributed by atoms with van der Waals surface area (Å²) in [7, 11) is 1.63. The molecule has 0 saturated carbocycles. The summed E-state index contributed by atoms with van der Waals surface area (Å²) in [5, 5.41) is 7.73. The Morgan fingerprint density at radius 1 is 1.43 bits per heavy atom. The van der Waals surface area contributed by atoms with Crippen molar-refractivity contribution < 1.29 is 9.47 Å². The molecular weight excluding hydrogens is 182 g/mol. The fourth-order valence-electron chi connectivity index (χ4n) is 0.994. The van der Waals surface area contributed by atoms with E-state index in [9.17, 15) is 0 Å². The first-order chi connectivity index (χ1) is 6.76. The molecule has 0 radical (unpaired) electrons. The van der Waals surface area contributed by atoms with Crippen molar-refractivity contribution in [2.75, 3.05) is 13.7 Å². The molecule has 1 atom stereocenters. The highest BCUT2D eigenvalue weighted by Crippen LogP contribution is 2.06. The normalized spacial score (nSPS) is 12.5. The Morgan fingerprint density at radius 2 is 2.21 bits per heavy atom. The summed E-state index contributed by atoms with van der Waals surface area (Å²) in [5.74, 6) is 0.492. The molecule has 0 spiro atoms. The van der Waals surface area contributed by atoms with Crippen LogP contribution in [0.25, 0.3) is 0 Å². The Morgan fingerprint density at radius 3 is 2.71 bits per heavy atom. The van der Waals surface area contributed by atoms with Crippen molar-refractivity contribution in [2.24, 2.45) is 5.73 Å². The molecule has 0 fully saturated rings.